The molecule has 2 amide bonds. The van der Waals surface area contributed by atoms with Gasteiger partial charge in [0.2, 0.25) is 5.91 Å². The van der Waals surface area contributed by atoms with Gasteiger partial charge in [-0.2, -0.15) is 0 Å². The van der Waals surface area contributed by atoms with Gasteiger partial charge in [-0.25, -0.2) is 0 Å². The van der Waals surface area contributed by atoms with E-state index in [-0.39, 0.29) is 11.0 Å². The van der Waals surface area contributed by atoms with Gasteiger partial charge in [-0.05, 0) is 84.5 Å². The number of thiocarbonyl (C=S) groups is 1. The van der Waals surface area contributed by atoms with E-state index >= 15 is 0 Å². The highest BCUT2D eigenvalue weighted by Crippen LogP contribution is 2.21. The van der Waals surface area contributed by atoms with Crippen LogP contribution in [0.3, 0.4) is 0 Å². The molecule has 0 radical (unpaired) electrons. The Morgan fingerprint density at radius 3 is 2.08 bits per heavy atom. The van der Waals surface area contributed by atoms with E-state index in [0.29, 0.717) is 16.9 Å². The molecule has 0 aliphatic rings. The van der Waals surface area contributed by atoms with Gasteiger partial charge in [0.05, 0.1) is 18.4 Å². The Bertz CT molecular complexity index is 1440. The summed E-state index contributed by atoms with van der Waals surface area (Å²) in [6.45, 7) is 0. The summed E-state index contributed by atoms with van der Waals surface area (Å²) in [5.41, 5.74) is 4.21. The zero-order valence-corrected chi connectivity index (χ0v) is 21.4. The van der Waals surface area contributed by atoms with E-state index in [2.05, 4.69) is 21.3 Å². The van der Waals surface area contributed by atoms with Crippen molar-refractivity contribution in [3.05, 3.63) is 120 Å². The van der Waals surface area contributed by atoms with Crippen LogP contribution in [0.2, 0.25) is 0 Å². The molecule has 190 valence electrons. The summed E-state index contributed by atoms with van der Waals surface area (Å²) in [4.78, 5) is 25.3. The number of methoxy groups -OCH3 is 1. The van der Waals surface area contributed by atoms with Gasteiger partial charge in [0.25, 0.3) is 5.91 Å². The van der Waals surface area contributed by atoms with E-state index in [9.17, 15) is 9.59 Å². The summed E-state index contributed by atoms with van der Waals surface area (Å²) < 4.78 is 5.13. The molecule has 7 nitrogen and oxygen atoms in total. The maximum atomic E-state index is 13.0. The van der Waals surface area contributed by atoms with Gasteiger partial charge in [0.15, 0.2) is 5.11 Å². The molecule has 0 saturated heterocycles. The number of hydrogen-bond donors (Lipinski definition) is 4. The number of anilines is 4. The van der Waals surface area contributed by atoms with Crippen molar-refractivity contribution in [3.63, 3.8) is 0 Å². The van der Waals surface area contributed by atoms with E-state index in [1.54, 1.807) is 37.5 Å². The number of amides is 2. The molecule has 0 bridgehead atoms. The minimum Gasteiger partial charge on any atom is -0.497 e. The van der Waals surface area contributed by atoms with Crippen LogP contribution in [0.15, 0.2) is 109 Å². The van der Waals surface area contributed by atoms with Crippen LogP contribution in [-0.2, 0) is 4.79 Å². The Labute approximate surface area is 226 Å². The van der Waals surface area contributed by atoms with Gasteiger partial charge in [-0.3, -0.25) is 14.9 Å². The lowest BCUT2D eigenvalue weighted by Crippen LogP contribution is -2.33. The third kappa shape index (κ3) is 7.52. The molecule has 0 aliphatic carbocycles. The van der Waals surface area contributed by atoms with Crippen LogP contribution in [0.25, 0.3) is 6.08 Å². The van der Waals surface area contributed by atoms with Gasteiger partial charge in [0, 0.05) is 23.1 Å². The molecule has 0 spiro atoms. The van der Waals surface area contributed by atoms with Crippen molar-refractivity contribution < 1.29 is 14.3 Å². The lowest BCUT2D eigenvalue weighted by molar-refractivity contribution is -0.115. The molecule has 0 aliphatic heterocycles. The van der Waals surface area contributed by atoms with E-state index in [1.165, 1.54) is 6.08 Å². The second kappa shape index (κ2) is 12.8. The molecule has 4 aromatic rings. The van der Waals surface area contributed by atoms with Crippen molar-refractivity contribution in [2.24, 2.45) is 0 Å². The minimum absolute atomic E-state index is 0.0750. The molecule has 0 saturated carbocycles. The molecule has 0 atom stereocenters. The molecule has 0 unspecified atom stereocenters. The highest BCUT2D eigenvalue weighted by molar-refractivity contribution is 7.80. The molecule has 4 aromatic carbocycles. The number of hydrogen-bond acceptors (Lipinski definition) is 5. The van der Waals surface area contributed by atoms with Gasteiger partial charge in [-0.15, -0.1) is 0 Å². The molecule has 0 fully saturated rings. The second-order valence-corrected chi connectivity index (χ2v) is 8.53. The summed E-state index contributed by atoms with van der Waals surface area (Å²) in [7, 11) is 1.59. The molecule has 4 N–H and O–H groups in total. The lowest BCUT2D eigenvalue weighted by Gasteiger charge is -2.13. The zero-order chi connectivity index (χ0) is 26.7. The van der Waals surface area contributed by atoms with Crippen molar-refractivity contribution in [1.82, 2.24) is 5.32 Å². The Kier molecular flexibility index (Phi) is 8.83. The molecule has 0 aromatic heterocycles. The van der Waals surface area contributed by atoms with Gasteiger partial charge in [0.1, 0.15) is 5.75 Å². The first-order chi connectivity index (χ1) is 18.5. The number of ether oxygens (including phenoxy) is 1. The topological polar surface area (TPSA) is 91.5 Å². The van der Waals surface area contributed by atoms with E-state index in [0.717, 1.165) is 22.7 Å². The van der Waals surface area contributed by atoms with Crippen LogP contribution < -0.4 is 26.0 Å². The number of nitrogens with one attached hydrogen (secondary N) is 4. The number of para-hydroxylation sites is 2. The summed E-state index contributed by atoms with van der Waals surface area (Å²) in [5, 5.41) is 11.8. The van der Waals surface area contributed by atoms with E-state index < -0.39 is 5.91 Å². The van der Waals surface area contributed by atoms with Crippen LogP contribution in [0, 0.1) is 0 Å². The third-order valence-corrected chi connectivity index (χ3v) is 5.61. The number of benzene rings is 4. The summed E-state index contributed by atoms with van der Waals surface area (Å²) >= 11 is 5.29. The third-order valence-electron chi connectivity index (χ3n) is 5.40. The fourth-order valence-corrected chi connectivity index (χ4v) is 3.72. The smallest absolute Gasteiger partial charge is 0.257 e. The first-order valence-corrected chi connectivity index (χ1v) is 12.2. The number of carbonyl (C=O) groups is 2. The average Bonchev–Trinajstić information content (AvgIpc) is 2.94. The second-order valence-electron chi connectivity index (χ2n) is 8.12. The fraction of sp³-hybridized carbons (Fsp3) is 0.0333. The largest absolute Gasteiger partial charge is 0.497 e. The minimum atomic E-state index is -0.399. The zero-order valence-electron chi connectivity index (χ0n) is 20.6. The molecule has 0 heterocycles. The Morgan fingerprint density at radius 1 is 0.737 bits per heavy atom. The van der Waals surface area contributed by atoms with Crippen molar-refractivity contribution in [2.45, 2.75) is 0 Å². The van der Waals surface area contributed by atoms with Crippen molar-refractivity contribution in [1.29, 1.82) is 0 Å². The van der Waals surface area contributed by atoms with Crippen LogP contribution in [0.5, 0.6) is 5.75 Å². The quantitative estimate of drug-likeness (QED) is 0.162. The van der Waals surface area contributed by atoms with Crippen LogP contribution >= 0.6 is 12.2 Å². The van der Waals surface area contributed by atoms with Crippen LogP contribution in [0.1, 0.15) is 15.9 Å². The molecular formula is C30H26N4O3S. The number of rotatable bonds is 8. The van der Waals surface area contributed by atoms with Gasteiger partial charge < -0.3 is 20.7 Å². The highest BCUT2D eigenvalue weighted by atomic mass is 32.1. The maximum absolute atomic E-state index is 13.0. The molecular weight excluding hydrogens is 496 g/mol. The van der Waals surface area contributed by atoms with E-state index in [4.69, 9.17) is 17.0 Å². The maximum Gasteiger partial charge on any atom is 0.257 e. The van der Waals surface area contributed by atoms with Crippen LogP contribution in [0.4, 0.5) is 22.7 Å². The average molecular weight is 523 g/mol. The normalized spacial score (nSPS) is 10.4. The van der Waals surface area contributed by atoms with E-state index in [1.807, 2.05) is 78.9 Å². The number of carbonyl (C=O) groups excluding carboxylic acids is 2. The summed E-state index contributed by atoms with van der Waals surface area (Å²) in [6, 6.07) is 31.4. The Hall–Kier alpha value is -4.95. The first-order valence-electron chi connectivity index (χ1n) is 11.8. The molecule has 8 heteroatoms. The first kappa shape index (κ1) is 26.1. The van der Waals surface area contributed by atoms with Gasteiger partial charge in [-0.1, -0.05) is 42.5 Å². The van der Waals surface area contributed by atoms with Crippen molar-refractivity contribution in [3.8, 4) is 5.75 Å². The SMILES string of the molecule is COc1ccc(C=CC(=O)NC(=S)Nc2ccccc2C(=O)Nc2ccc(Nc3ccccc3)cc2)cc1. The molecule has 4 rings (SSSR count). The fourth-order valence-electron chi connectivity index (χ4n) is 3.51. The lowest BCUT2D eigenvalue weighted by atomic mass is 10.1. The summed E-state index contributed by atoms with van der Waals surface area (Å²) in [5.74, 6) is 0.0200. The van der Waals surface area contributed by atoms with Gasteiger partial charge >= 0.3 is 0 Å². The predicted molar refractivity (Wildman–Crippen MR) is 157 cm³/mol. The summed E-state index contributed by atoms with van der Waals surface area (Å²) in [6.07, 6.45) is 3.05. The Balaban J connectivity index is 1.34. The predicted octanol–water partition coefficient (Wildman–Crippen LogP) is 6.22. The van der Waals surface area contributed by atoms with Crippen molar-refractivity contribution >= 4 is 58.0 Å². The Morgan fingerprint density at radius 2 is 1.37 bits per heavy atom. The monoisotopic (exact) mass is 522 g/mol. The highest BCUT2D eigenvalue weighted by Gasteiger charge is 2.13. The van der Waals surface area contributed by atoms with Crippen LogP contribution in [-0.4, -0.2) is 24.0 Å². The standard InChI is InChI=1S/C30H26N4O3S/c1-37-25-18-11-21(12-19-25)13-20-28(35)34-30(38)33-27-10-6-5-9-26(27)29(36)32-24-16-14-23(15-17-24)31-22-7-3-2-4-8-22/h2-20,31H,1H3,(H,32,36)(H2,33,34,35,38). The van der Waals surface area contributed by atoms with Crippen molar-refractivity contribution in [2.75, 3.05) is 23.1 Å². The molecule has 38 heavy (non-hydrogen) atoms.